The molecule has 10 heteroatoms. The number of imidazole rings is 1. The van der Waals surface area contributed by atoms with Crippen molar-refractivity contribution < 1.29 is 18.8 Å². The second-order valence-corrected chi connectivity index (χ2v) is 9.79. The standard InChI is InChI=1S/C27H30FN5O4/c1-20-16-22(28)6-5-21(20)4-3-11-30-12-14-31(15-13-30)23-7-9-24(10-8-23)36-19-27(2)18-32-17-25(33(34)35)29-26(32)37-27/h3-10,16-17H,11-15,18-19H2,1-2H3/b4-3+/t27-/m1/s1. The third-order valence-electron chi connectivity index (χ3n) is 6.77. The Bertz CT molecular complexity index is 1280. The van der Waals surface area contributed by atoms with Crippen LogP contribution in [0.2, 0.25) is 0 Å². The molecular formula is C27H30FN5O4. The van der Waals surface area contributed by atoms with Gasteiger partial charge in [0, 0.05) is 43.4 Å². The molecule has 3 aromatic rings. The van der Waals surface area contributed by atoms with Gasteiger partial charge in [-0.05, 0) is 66.3 Å². The number of piperazine rings is 1. The molecule has 5 rings (SSSR count). The first-order chi connectivity index (χ1) is 17.8. The first-order valence-corrected chi connectivity index (χ1v) is 12.3. The summed E-state index contributed by atoms with van der Waals surface area (Å²) >= 11 is 0. The highest BCUT2D eigenvalue weighted by atomic mass is 19.1. The Balaban J connectivity index is 1.07. The summed E-state index contributed by atoms with van der Waals surface area (Å²) < 4.78 is 26.7. The minimum atomic E-state index is -0.643. The number of nitrogens with zero attached hydrogens (tertiary/aromatic N) is 5. The fourth-order valence-corrected chi connectivity index (χ4v) is 4.69. The molecule has 37 heavy (non-hydrogen) atoms. The van der Waals surface area contributed by atoms with Gasteiger partial charge < -0.3 is 24.5 Å². The van der Waals surface area contributed by atoms with Gasteiger partial charge >= 0.3 is 11.8 Å². The van der Waals surface area contributed by atoms with E-state index in [1.165, 1.54) is 12.3 Å². The second kappa shape index (κ2) is 10.2. The van der Waals surface area contributed by atoms with E-state index in [4.69, 9.17) is 9.47 Å². The summed E-state index contributed by atoms with van der Waals surface area (Å²) in [5.74, 6) is 0.320. The molecule has 2 aliphatic rings. The Hall–Kier alpha value is -3.92. The second-order valence-electron chi connectivity index (χ2n) is 9.79. The van der Waals surface area contributed by atoms with E-state index < -0.39 is 10.5 Å². The summed E-state index contributed by atoms with van der Waals surface area (Å²) in [6, 6.07) is 13.2. The van der Waals surface area contributed by atoms with Crippen LogP contribution in [0.15, 0.2) is 54.7 Å². The maximum Gasteiger partial charge on any atom is 0.415 e. The maximum atomic E-state index is 13.3. The maximum absolute atomic E-state index is 13.3. The molecule has 1 atom stereocenters. The van der Waals surface area contributed by atoms with Crippen LogP contribution >= 0.6 is 0 Å². The molecule has 0 radical (unpaired) electrons. The number of ether oxygens (including phenoxy) is 2. The first kappa shape index (κ1) is 24.8. The quantitative estimate of drug-likeness (QED) is 0.332. The van der Waals surface area contributed by atoms with Crippen LogP contribution in [0.5, 0.6) is 11.8 Å². The fourth-order valence-electron chi connectivity index (χ4n) is 4.69. The average Bonchev–Trinajstić information content (AvgIpc) is 3.41. The van der Waals surface area contributed by atoms with Crippen molar-refractivity contribution in [2.24, 2.45) is 0 Å². The predicted molar refractivity (Wildman–Crippen MR) is 139 cm³/mol. The van der Waals surface area contributed by atoms with E-state index in [0.717, 1.165) is 55.3 Å². The smallest absolute Gasteiger partial charge is 0.415 e. The van der Waals surface area contributed by atoms with E-state index in [1.54, 1.807) is 10.6 Å². The lowest BCUT2D eigenvalue weighted by Gasteiger charge is -2.35. The molecule has 1 aromatic heterocycles. The minimum Gasteiger partial charge on any atom is -0.489 e. The van der Waals surface area contributed by atoms with Crippen molar-refractivity contribution >= 4 is 17.6 Å². The number of benzene rings is 2. The van der Waals surface area contributed by atoms with Crippen molar-refractivity contribution in [3.8, 4) is 11.8 Å². The largest absolute Gasteiger partial charge is 0.489 e. The van der Waals surface area contributed by atoms with Gasteiger partial charge in [0.2, 0.25) is 0 Å². The lowest BCUT2D eigenvalue weighted by Crippen LogP contribution is -2.46. The lowest BCUT2D eigenvalue weighted by molar-refractivity contribution is -0.389. The Labute approximate surface area is 214 Å². The summed E-state index contributed by atoms with van der Waals surface area (Å²) in [4.78, 5) is 19.0. The van der Waals surface area contributed by atoms with Crippen molar-refractivity contribution in [1.29, 1.82) is 0 Å². The van der Waals surface area contributed by atoms with Crippen LogP contribution in [-0.2, 0) is 6.54 Å². The zero-order valence-corrected chi connectivity index (χ0v) is 21.0. The van der Waals surface area contributed by atoms with Crippen molar-refractivity contribution in [2.75, 3.05) is 44.2 Å². The monoisotopic (exact) mass is 507 g/mol. The first-order valence-electron chi connectivity index (χ1n) is 12.3. The van der Waals surface area contributed by atoms with Gasteiger partial charge in [-0.25, -0.2) is 4.39 Å². The molecule has 0 N–H and O–H groups in total. The number of anilines is 1. The summed E-state index contributed by atoms with van der Waals surface area (Å²) in [6.07, 6.45) is 5.59. The number of nitro groups is 1. The molecule has 0 unspecified atom stereocenters. The molecule has 2 aliphatic heterocycles. The highest BCUT2D eigenvalue weighted by Gasteiger charge is 2.41. The third-order valence-corrected chi connectivity index (χ3v) is 6.77. The van der Waals surface area contributed by atoms with Gasteiger partial charge in [-0.2, -0.15) is 0 Å². The third kappa shape index (κ3) is 5.75. The van der Waals surface area contributed by atoms with E-state index in [9.17, 15) is 14.5 Å². The summed E-state index contributed by atoms with van der Waals surface area (Å²) in [6.45, 7) is 9.23. The molecule has 0 spiro atoms. The van der Waals surface area contributed by atoms with E-state index in [-0.39, 0.29) is 17.6 Å². The molecule has 0 aliphatic carbocycles. The number of aryl methyl sites for hydroxylation is 1. The van der Waals surface area contributed by atoms with Gasteiger partial charge in [0.15, 0.2) is 5.60 Å². The zero-order valence-electron chi connectivity index (χ0n) is 21.0. The van der Waals surface area contributed by atoms with Crippen molar-refractivity contribution in [1.82, 2.24) is 14.5 Å². The summed E-state index contributed by atoms with van der Waals surface area (Å²) in [5.41, 5.74) is 2.50. The van der Waals surface area contributed by atoms with E-state index in [2.05, 4.69) is 39.1 Å². The Kier molecular flexibility index (Phi) is 6.84. The van der Waals surface area contributed by atoms with Crippen LogP contribution < -0.4 is 14.4 Å². The van der Waals surface area contributed by atoms with Gasteiger partial charge in [-0.1, -0.05) is 18.2 Å². The summed E-state index contributed by atoms with van der Waals surface area (Å²) in [5, 5.41) is 10.9. The number of hydrogen-bond acceptors (Lipinski definition) is 7. The number of hydrogen-bond donors (Lipinski definition) is 0. The fraction of sp³-hybridized carbons (Fsp3) is 0.370. The highest BCUT2D eigenvalue weighted by Crippen LogP contribution is 2.31. The molecule has 9 nitrogen and oxygen atoms in total. The molecule has 3 heterocycles. The van der Waals surface area contributed by atoms with E-state index in [1.807, 2.05) is 32.0 Å². The number of halogens is 1. The molecule has 194 valence electrons. The minimum absolute atomic E-state index is 0.203. The number of fused-ring (bicyclic) bond motifs is 1. The lowest BCUT2D eigenvalue weighted by atomic mass is 10.1. The van der Waals surface area contributed by atoms with Gasteiger partial charge in [-0.15, -0.1) is 0 Å². The molecule has 0 saturated carbocycles. The normalized spacial score (nSPS) is 19.7. The van der Waals surface area contributed by atoms with Crippen LogP contribution in [0.25, 0.3) is 6.08 Å². The van der Waals surface area contributed by atoms with E-state index in [0.29, 0.717) is 13.2 Å². The van der Waals surface area contributed by atoms with Crippen LogP contribution in [0.3, 0.4) is 0 Å². The number of aromatic nitrogens is 2. The molecule has 1 saturated heterocycles. The van der Waals surface area contributed by atoms with Gasteiger partial charge in [0.1, 0.15) is 24.4 Å². The van der Waals surface area contributed by atoms with Crippen LogP contribution in [0.1, 0.15) is 18.1 Å². The topological polar surface area (TPSA) is 85.9 Å². The zero-order chi connectivity index (χ0) is 26.0. The molecule has 0 bridgehead atoms. The highest BCUT2D eigenvalue weighted by molar-refractivity contribution is 5.53. The van der Waals surface area contributed by atoms with Crippen molar-refractivity contribution in [2.45, 2.75) is 26.0 Å². The van der Waals surface area contributed by atoms with Crippen LogP contribution in [-0.4, -0.2) is 64.3 Å². The van der Waals surface area contributed by atoms with Crippen LogP contribution in [0.4, 0.5) is 15.9 Å². The Morgan fingerprint density at radius 1 is 1.19 bits per heavy atom. The Morgan fingerprint density at radius 3 is 2.62 bits per heavy atom. The number of rotatable bonds is 8. The van der Waals surface area contributed by atoms with Crippen molar-refractivity contribution in [3.63, 3.8) is 0 Å². The van der Waals surface area contributed by atoms with Gasteiger partial charge in [0.25, 0.3) is 0 Å². The van der Waals surface area contributed by atoms with E-state index >= 15 is 0 Å². The van der Waals surface area contributed by atoms with Gasteiger partial charge in [0.05, 0.1) is 6.54 Å². The molecular weight excluding hydrogens is 477 g/mol. The Morgan fingerprint density at radius 2 is 1.95 bits per heavy atom. The molecule has 1 fully saturated rings. The van der Waals surface area contributed by atoms with Crippen molar-refractivity contribution in [3.05, 3.63) is 81.8 Å². The summed E-state index contributed by atoms with van der Waals surface area (Å²) in [7, 11) is 0. The predicted octanol–water partition coefficient (Wildman–Crippen LogP) is 4.30. The average molecular weight is 508 g/mol. The molecule has 0 amide bonds. The molecule has 2 aromatic carbocycles. The van der Waals surface area contributed by atoms with Crippen LogP contribution in [0, 0.1) is 22.9 Å². The SMILES string of the molecule is Cc1cc(F)ccc1/C=C/CN1CCN(c2ccc(OC[C@@]3(C)Cn4cc([N+](=O)[O-])nc4O3)cc2)CC1. The van der Waals surface area contributed by atoms with Gasteiger partial charge in [-0.3, -0.25) is 9.47 Å².